The summed E-state index contributed by atoms with van der Waals surface area (Å²) in [6.45, 7) is 0.0549. The molecular weight excluding hydrogens is 338 g/mol. The quantitative estimate of drug-likeness (QED) is 0.754. The van der Waals surface area contributed by atoms with Crippen molar-refractivity contribution in [2.45, 2.75) is 37.6 Å². The number of nitrogens with zero attached hydrogens (tertiary/aromatic N) is 1. The van der Waals surface area contributed by atoms with Gasteiger partial charge < -0.3 is 20.1 Å². The molecule has 0 unspecified atom stereocenters. The molecule has 0 atom stereocenters. The molecule has 2 fully saturated rings. The Hall–Kier alpha value is -2.77. The summed E-state index contributed by atoms with van der Waals surface area (Å²) < 4.78 is 10.3. The lowest BCUT2D eigenvalue weighted by Crippen LogP contribution is -2.44. The zero-order chi connectivity index (χ0) is 18.7. The molecule has 1 aromatic rings. The lowest BCUT2D eigenvalue weighted by molar-refractivity contribution is -0.131. The van der Waals surface area contributed by atoms with Gasteiger partial charge in [0.1, 0.15) is 17.0 Å². The Morgan fingerprint density at radius 1 is 1.15 bits per heavy atom. The Morgan fingerprint density at radius 3 is 2.35 bits per heavy atom. The molecule has 0 bridgehead atoms. The molecule has 1 spiro atoms. The molecule has 2 aliphatic rings. The Labute approximate surface area is 151 Å². The van der Waals surface area contributed by atoms with Gasteiger partial charge in [0.2, 0.25) is 5.91 Å². The Morgan fingerprint density at radius 2 is 1.77 bits per heavy atom. The van der Waals surface area contributed by atoms with Gasteiger partial charge in [-0.2, -0.15) is 0 Å². The number of nitrogens with one attached hydrogen (secondary N) is 2. The van der Waals surface area contributed by atoms with Crippen LogP contribution in [0.25, 0.3) is 0 Å². The predicted octanol–water partition coefficient (Wildman–Crippen LogP) is 1.90. The highest BCUT2D eigenvalue weighted by molar-refractivity contribution is 6.07. The molecule has 140 valence electrons. The summed E-state index contributed by atoms with van der Waals surface area (Å²) in [4.78, 5) is 38.1. The third-order valence-electron chi connectivity index (χ3n) is 4.90. The maximum atomic E-state index is 12.6. The molecule has 1 saturated heterocycles. The van der Waals surface area contributed by atoms with Gasteiger partial charge in [-0.15, -0.1) is 0 Å². The summed E-state index contributed by atoms with van der Waals surface area (Å²) in [7, 11) is 3.05. The van der Waals surface area contributed by atoms with Crippen LogP contribution in [0.4, 0.5) is 10.5 Å². The summed E-state index contributed by atoms with van der Waals surface area (Å²) in [5.74, 6) is 0.595. The minimum Gasteiger partial charge on any atom is -0.497 e. The van der Waals surface area contributed by atoms with Crippen molar-refractivity contribution in [3.05, 3.63) is 18.2 Å². The molecule has 1 saturated carbocycles. The number of hydrogen-bond acceptors (Lipinski definition) is 5. The van der Waals surface area contributed by atoms with Gasteiger partial charge in [0.15, 0.2) is 0 Å². The monoisotopic (exact) mass is 361 g/mol. The molecule has 26 heavy (non-hydrogen) atoms. The highest BCUT2D eigenvalue weighted by atomic mass is 16.5. The molecule has 8 heteroatoms. The minimum absolute atomic E-state index is 0.0226. The fraction of sp³-hybridized carbons (Fsp3) is 0.500. The molecule has 0 radical (unpaired) electrons. The number of anilines is 1. The first-order valence-electron chi connectivity index (χ1n) is 8.64. The smallest absolute Gasteiger partial charge is 0.325 e. The maximum absolute atomic E-state index is 12.6. The van der Waals surface area contributed by atoms with Crippen LogP contribution in [-0.4, -0.2) is 49.0 Å². The summed E-state index contributed by atoms with van der Waals surface area (Å²) in [5.41, 5.74) is -0.219. The van der Waals surface area contributed by atoms with Crippen molar-refractivity contribution in [1.82, 2.24) is 10.2 Å². The van der Waals surface area contributed by atoms with Crippen LogP contribution in [0.2, 0.25) is 0 Å². The van der Waals surface area contributed by atoms with E-state index in [4.69, 9.17) is 9.47 Å². The highest BCUT2D eigenvalue weighted by Crippen LogP contribution is 2.35. The standard InChI is InChI=1S/C18H23N3O5/c1-25-13-9-12(10-14(11-13)26-2)19-15(22)5-8-21-16(23)18(20-17(21)24)6-3-4-7-18/h9-11H,3-8H2,1-2H3,(H,19,22)(H,20,24). The largest absolute Gasteiger partial charge is 0.497 e. The summed E-state index contributed by atoms with van der Waals surface area (Å²) in [6.07, 6.45) is 3.22. The van der Waals surface area contributed by atoms with Crippen molar-refractivity contribution in [3.8, 4) is 11.5 Å². The number of hydrogen-bond donors (Lipinski definition) is 2. The third-order valence-corrected chi connectivity index (χ3v) is 4.90. The van der Waals surface area contributed by atoms with Crippen LogP contribution in [-0.2, 0) is 9.59 Å². The van der Waals surface area contributed by atoms with E-state index in [0.29, 0.717) is 30.0 Å². The number of rotatable bonds is 6. The van der Waals surface area contributed by atoms with Crippen LogP contribution in [0, 0.1) is 0 Å². The Bertz CT molecular complexity index is 705. The van der Waals surface area contributed by atoms with E-state index in [1.807, 2.05) is 0 Å². The summed E-state index contributed by atoms with van der Waals surface area (Å²) >= 11 is 0. The van der Waals surface area contributed by atoms with Gasteiger partial charge in [-0.1, -0.05) is 12.8 Å². The number of ether oxygens (including phenoxy) is 2. The van der Waals surface area contributed by atoms with Crippen LogP contribution in [0.15, 0.2) is 18.2 Å². The van der Waals surface area contributed by atoms with Crippen LogP contribution in [0.3, 0.4) is 0 Å². The number of amides is 4. The molecule has 4 amide bonds. The fourth-order valence-corrected chi connectivity index (χ4v) is 3.51. The van der Waals surface area contributed by atoms with E-state index >= 15 is 0 Å². The van der Waals surface area contributed by atoms with Crippen molar-refractivity contribution < 1.29 is 23.9 Å². The Kier molecular flexibility index (Phi) is 5.01. The number of benzene rings is 1. The van der Waals surface area contributed by atoms with E-state index in [-0.39, 0.29) is 24.8 Å². The van der Waals surface area contributed by atoms with Gasteiger partial charge in [0.25, 0.3) is 5.91 Å². The lowest BCUT2D eigenvalue weighted by Gasteiger charge is -2.19. The molecule has 8 nitrogen and oxygen atoms in total. The minimum atomic E-state index is -0.742. The number of carbonyl (C=O) groups is 3. The van der Waals surface area contributed by atoms with Crippen molar-refractivity contribution in [1.29, 1.82) is 0 Å². The molecule has 1 aliphatic heterocycles. The molecule has 1 aliphatic carbocycles. The number of carbonyl (C=O) groups excluding carboxylic acids is 3. The zero-order valence-corrected chi connectivity index (χ0v) is 15.0. The first kappa shape index (κ1) is 18.0. The highest BCUT2D eigenvalue weighted by Gasteiger charge is 2.52. The SMILES string of the molecule is COc1cc(NC(=O)CCN2C(=O)NC3(CCCC3)C2=O)cc(OC)c1. The van der Waals surface area contributed by atoms with Crippen molar-refractivity contribution in [2.75, 3.05) is 26.1 Å². The average Bonchev–Trinajstić information content (AvgIpc) is 3.19. The van der Waals surface area contributed by atoms with Crippen LogP contribution < -0.4 is 20.1 Å². The second-order valence-corrected chi connectivity index (χ2v) is 6.58. The van der Waals surface area contributed by atoms with E-state index < -0.39 is 11.6 Å². The first-order chi connectivity index (χ1) is 12.5. The summed E-state index contributed by atoms with van der Waals surface area (Å²) in [6, 6.07) is 4.63. The van der Waals surface area contributed by atoms with Crippen molar-refractivity contribution in [2.24, 2.45) is 0 Å². The van der Waals surface area contributed by atoms with Gasteiger partial charge in [-0.3, -0.25) is 14.5 Å². The molecule has 3 rings (SSSR count). The van der Waals surface area contributed by atoms with Gasteiger partial charge >= 0.3 is 6.03 Å². The van der Waals surface area contributed by atoms with E-state index in [1.165, 1.54) is 14.2 Å². The van der Waals surface area contributed by atoms with E-state index in [1.54, 1.807) is 18.2 Å². The maximum Gasteiger partial charge on any atom is 0.325 e. The number of imide groups is 1. The van der Waals surface area contributed by atoms with Gasteiger partial charge in [0, 0.05) is 36.9 Å². The van der Waals surface area contributed by atoms with E-state index in [9.17, 15) is 14.4 Å². The number of urea groups is 1. The van der Waals surface area contributed by atoms with E-state index in [2.05, 4.69) is 10.6 Å². The molecule has 1 heterocycles. The van der Waals surface area contributed by atoms with Crippen LogP contribution >= 0.6 is 0 Å². The fourth-order valence-electron chi connectivity index (χ4n) is 3.51. The molecule has 1 aromatic carbocycles. The average molecular weight is 361 g/mol. The molecule has 2 N–H and O–H groups in total. The molecule has 0 aromatic heterocycles. The topological polar surface area (TPSA) is 97.0 Å². The lowest BCUT2D eigenvalue weighted by atomic mass is 9.98. The van der Waals surface area contributed by atoms with Crippen molar-refractivity contribution in [3.63, 3.8) is 0 Å². The third kappa shape index (κ3) is 3.44. The predicted molar refractivity (Wildman–Crippen MR) is 94.2 cm³/mol. The van der Waals surface area contributed by atoms with Gasteiger partial charge in [-0.05, 0) is 12.8 Å². The number of methoxy groups -OCH3 is 2. The normalized spacial score (nSPS) is 18.2. The van der Waals surface area contributed by atoms with Gasteiger partial charge in [0.05, 0.1) is 14.2 Å². The zero-order valence-electron chi connectivity index (χ0n) is 15.0. The van der Waals surface area contributed by atoms with Crippen LogP contribution in [0.5, 0.6) is 11.5 Å². The second-order valence-electron chi connectivity index (χ2n) is 6.58. The first-order valence-corrected chi connectivity index (χ1v) is 8.64. The van der Waals surface area contributed by atoms with E-state index in [0.717, 1.165) is 17.7 Å². The van der Waals surface area contributed by atoms with Gasteiger partial charge in [-0.25, -0.2) is 4.79 Å². The van der Waals surface area contributed by atoms with Crippen LogP contribution in [0.1, 0.15) is 32.1 Å². The summed E-state index contributed by atoms with van der Waals surface area (Å²) in [5, 5.41) is 5.54. The van der Waals surface area contributed by atoms with Crippen molar-refractivity contribution >= 4 is 23.5 Å². The second kappa shape index (κ2) is 7.23. The Balaban J connectivity index is 1.59. The molecular formula is C18H23N3O5.